The number of carbonyl (C=O) groups is 1. The maximum atomic E-state index is 11.3. The van der Waals surface area contributed by atoms with Gasteiger partial charge < -0.3 is 21.1 Å². The van der Waals surface area contributed by atoms with Crippen LogP contribution in [0.15, 0.2) is 42.5 Å². The van der Waals surface area contributed by atoms with Crippen LogP contribution in [0.1, 0.15) is 5.56 Å². The molecule has 4 N–H and O–H groups in total. The molecule has 0 unspecified atom stereocenters. The van der Waals surface area contributed by atoms with Crippen molar-refractivity contribution in [2.45, 2.75) is 6.54 Å². The van der Waals surface area contributed by atoms with Gasteiger partial charge in [0.2, 0.25) is 0 Å². The molecule has 3 rings (SSSR count). The van der Waals surface area contributed by atoms with Crippen LogP contribution < -0.4 is 21.1 Å². The van der Waals surface area contributed by atoms with Crippen LogP contribution in [0.4, 0.5) is 17.1 Å². The summed E-state index contributed by atoms with van der Waals surface area (Å²) in [7, 11) is 0. The highest BCUT2D eigenvalue weighted by Gasteiger charge is 2.15. The number of para-hydroxylation sites is 2. The van der Waals surface area contributed by atoms with Gasteiger partial charge in [-0.2, -0.15) is 0 Å². The maximum Gasteiger partial charge on any atom is 0.262 e. The van der Waals surface area contributed by atoms with E-state index in [9.17, 15) is 4.79 Å². The van der Waals surface area contributed by atoms with Crippen molar-refractivity contribution in [2.75, 3.05) is 23.0 Å². The van der Waals surface area contributed by atoms with Crippen molar-refractivity contribution < 1.29 is 9.53 Å². The lowest BCUT2D eigenvalue weighted by molar-refractivity contribution is -0.118. The number of carbonyl (C=O) groups excluding carboxylic acids is 1. The van der Waals surface area contributed by atoms with Gasteiger partial charge in [-0.3, -0.25) is 4.79 Å². The zero-order valence-electron chi connectivity index (χ0n) is 10.8. The van der Waals surface area contributed by atoms with E-state index in [4.69, 9.17) is 10.5 Å². The van der Waals surface area contributed by atoms with Gasteiger partial charge in [-0.05, 0) is 29.8 Å². The standard InChI is InChI=1S/C15H15N3O2/c16-11-3-1-2-4-12(11)17-8-10-5-6-14-13(7-10)18-15(19)9-20-14/h1-7,17H,8-9,16H2,(H,18,19). The number of rotatable bonds is 3. The third-order valence-electron chi connectivity index (χ3n) is 3.12. The summed E-state index contributed by atoms with van der Waals surface area (Å²) >= 11 is 0. The second kappa shape index (κ2) is 5.13. The average molecular weight is 269 g/mol. The summed E-state index contributed by atoms with van der Waals surface area (Å²) in [6, 6.07) is 13.3. The molecular weight excluding hydrogens is 254 g/mol. The Hall–Kier alpha value is -2.69. The summed E-state index contributed by atoms with van der Waals surface area (Å²) in [5, 5.41) is 6.06. The SMILES string of the molecule is Nc1ccccc1NCc1ccc2c(c1)NC(=O)CO2. The average Bonchev–Trinajstić information content (AvgIpc) is 2.46. The molecule has 20 heavy (non-hydrogen) atoms. The molecule has 0 atom stereocenters. The summed E-state index contributed by atoms with van der Waals surface area (Å²) in [5.74, 6) is 0.572. The van der Waals surface area contributed by atoms with Crippen LogP contribution >= 0.6 is 0 Å². The fourth-order valence-electron chi connectivity index (χ4n) is 2.10. The van der Waals surface area contributed by atoms with Gasteiger partial charge in [0.1, 0.15) is 5.75 Å². The van der Waals surface area contributed by atoms with Gasteiger partial charge in [0.25, 0.3) is 5.91 Å². The van der Waals surface area contributed by atoms with E-state index in [2.05, 4.69) is 10.6 Å². The topological polar surface area (TPSA) is 76.4 Å². The molecule has 5 heteroatoms. The number of ether oxygens (including phenoxy) is 1. The minimum atomic E-state index is -0.130. The molecule has 1 aliphatic heterocycles. The van der Waals surface area contributed by atoms with E-state index in [0.717, 1.165) is 11.3 Å². The molecule has 0 fully saturated rings. The number of anilines is 3. The Morgan fingerprint density at radius 1 is 1.25 bits per heavy atom. The van der Waals surface area contributed by atoms with Gasteiger partial charge in [0.15, 0.2) is 6.61 Å². The Morgan fingerprint density at radius 3 is 2.95 bits per heavy atom. The summed E-state index contributed by atoms with van der Waals surface area (Å²) in [6.07, 6.45) is 0. The van der Waals surface area contributed by atoms with Crippen LogP contribution in [0.2, 0.25) is 0 Å². The van der Waals surface area contributed by atoms with Gasteiger partial charge in [-0.1, -0.05) is 18.2 Å². The normalized spacial score (nSPS) is 13.1. The summed E-state index contributed by atoms with van der Waals surface area (Å²) in [6.45, 7) is 0.697. The summed E-state index contributed by atoms with van der Waals surface area (Å²) < 4.78 is 5.32. The maximum absolute atomic E-state index is 11.3. The van der Waals surface area contributed by atoms with E-state index in [1.165, 1.54) is 0 Å². The van der Waals surface area contributed by atoms with Crippen molar-refractivity contribution in [3.05, 3.63) is 48.0 Å². The molecule has 0 spiro atoms. The molecule has 5 nitrogen and oxygen atoms in total. The molecule has 0 radical (unpaired) electrons. The van der Waals surface area contributed by atoms with Crippen LogP contribution in [0.25, 0.3) is 0 Å². The molecule has 0 aliphatic carbocycles. The first-order valence-electron chi connectivity index (χ1n) is 6.36. The second-order valence-electron chi connectivity index (χ2n) is 4.61. The zero-order valence-corrected chi connectivity index (χ0v) is 10.8. The number of nitrogens with one attached hydrogen (secondary N) is 2. The van der Waals surface area contributed by atoms with E-state index >= 15 is 0 Å². The van der Waals surface area contributed by atoms with Crippen molar-refractivity contribution >= 4 is 23.0 Å². The van der Waals surface area contributed by atoms with E-state index in [1.54, 1.807) is 0 Å². The molecule has 1 aliphatic rings. The first kappa shape index (κ1) is 12.3. The minimum absolute atomic E-state index is 0.0745. The predicted molar refractivity (Wildman–Crippen MR) is 78.7 cm³/mol. The van der Waals surface area contributed by atoms with E-state index in [0.29, 0.717) is 23.7 Å². The molecular formula is C15H15N3O2. The van der Waals surface area contributed by atoms with Crippen molar-refractivity contribution in [3.8, 4) is 5.75 Å². The number of nitrogens with two attached hydrogens (primary N) is 1. The number of nitrogen functional groups attached to an aromatic ring is 1. The fourth-order valence-corrected chi connectivity index (χ4v) is 2.10. The van der Waals surface area contributed by atoms with Crippen molar-refractivity contribution in [1.29, 1.82) is 0 Å². The largest absolute Gasteiger partial charge is 0.482 e. The van der Waals surface area contributed by atoms with Crippen LogP contribution in [0.5, 0.6) is 5.75 Å². The van der Waals surface area contributed by atoms with Gasteiger partial charge >= 0.3 is 0 Å². The number of fused-ring (bicyclic) bond motifs is 1. The highest BCUT2D eigenvalue weighted by atomic mass is 16.5. The highest BCUT2D eigenvalue weighted by molar-refractivity contribution is 5.95. The van der Waals surface area contributed by atoms with E-state index in [-0.39, 0.29) is 12.5 Å². The summed E-state index contributed by atoms with van der Waals surface area (Å²) in [5.41, 5.74) is 9.23. The Bertz CT molecular complexity index is 655. The molecule has 0 saturated heterocycles. The molecule has 1 amide bonds. The van der Waals surface area contributed by atoms with Crippen LogP contribution in [-0.4, -0.2) is 12.5 Å². The number of amides is 1. The molecule has 0 aromatic heterocycles. The molecule has 2 aromatic carbocycles. The Balaban J connectivity index is 1.74. The number of hydrogen-bond acceptors (Lipinski definition) is 4. The third kappa shape index (κ3) is 2.51. The minimum Gasteiger partial charge on any atom is -0.482 e. The Labute approximate surface area is 116 Å². The smallest absolute Gasteiger partial charge is 0.262 e. The molecule has 102 valence electrons. The van der Waals surface area contributed by atoms with Crippen LogP contribution in [-0.2, 0) is 11.3 Å². The van der Waals surface area contributed by atoms with Gasteiger partial charge in [0, 0.05) is 6.54 Å². The predicted octanol–water partition coefficient (Wildman–Crippen LogP) is 2.21. The number of hydrogen-bond donors (Lipinski definition) is 3. The third-order valence-corrected chi connectivity index (χ3v) is 3.12. The fraction of sp³-hybridized carbons (Fsp3) is 0.133. The van der Waals surface area contributed by atoms with Crippen LogP contribution in [0, 0.1) is 0 Å². The van der Waals surface area contributed by atoms with Crippen molar-refractivity contribution in [3.63, 3.8) is 0 Å². The lowest BCUT2D eigenvalue weighted by atomic mass is 10.1. The lowest BCUT2D eigenvalue weighted by Gasteiger charge is -2.18. The highest BCUT2D eigenvalue weighted by Crippen LogP contribution is 2.29. The Kier molecular flexibility index (Phi) is 3.16. The number of benzene rings is 2. The van der Waals surface area contributed by atoms with Gasteiger partial charge in [-0.15, -0.1) is 0 Å². The van der Waals surface area contributed by atoms with Crippen LogP contribution in [0.3, 0.4) is 0 Å². The van der Waals surface area contributed by atoms with Crippen molar-refractivity contribution in [2.24, 2.45) is 0 Å². The van der Waals surface area contributed by atoms with Crippen molar-refractivity contribution in [1.82, 2.24) is 0 Å². The zero-order chi connectivity index (χ0) is 13.9. The molecule has 0 bridgehead atoms. The van der Waals surface area contributed by atoms with Gasteiger partial charge in [0.05, 0.1) is 17.1 Å². The quantitative estimate of drug-likeness (QED) is 0.747. The monoisotopic (exact) mass is 269 g/mol. The van der Waals surface area contributed by atoms with Gasteiger partial charge in [-0.25, -0.2) is 0 Å². The first-order valence-corrected chi connectivity index (χ1v) is 6.36. The lowest BCUT2D eigenvalue weighted by Crippen LogP contribution is -2.25. The summed E-state index contributed by atoms with van der Waals surface area (Å²) in [4.78, 5) is 11.3. The van der Waals surface area contributed by atoms with E-state index in [1.807, 2.05) is 42.5 Å². The second-order valence-corrected chi connectivity index (χ2v) is 4.61. The molecule has 2 aromatic rings. The van der Waals surface area contributed by atoms with E-state index < -0.39 is 0 Å². The molecule has 1 heterocycles. The Morgan fingerprint density at radius 2 is 2.10 bits per heavy atom. The molecule has 0 saturated carbocycles. The first-order chi connectivity index (χ1) is 9.72.